The van der Waals surface area contributed by atoms with Gasteiger partial charge in [0.2, 0.25) is 0 Å². The molecule has 5 nitrogen and oxygen atoms in total. The number of aryl methyl sites for hydroxylation is 2. The van der Waals surface area contributed by atoms with Gasteiger partial charge in [-0.05, 0) is 37.1 Å². The molecule has 25 heavy (non-hydrogen) atoms. The van der Waals surface area contributed by atoms with E-state index in [9.17, 15) is 0 Å². The van der Waals surface area contributed by atoms with Crippen LogP contribution in [0.25, 0.3) is 10.2 Å². The molecule has 0 spiro atoms. The zero-order valence-corrected chi connectivity index (χ0v) is 15.9. The molecule has 0 bridgehead atoms. The Bertz CT molecular complexity index is 876. The number of rotatable bonds is 7. The second kappa shape index (κ2) is 7.70. The molecule has 0 saturated carbocycles. The number of anilines is 1. The molecule has 0 radical (unpaired) electrons. The smallest absolute Gasteiger partial charge is 0.160 e. The molecule has 0 unspecified atom stereocenters. The molecule has 0 aliphatic carbocycles. The van der Waals surface area contributed by atoms with E-state index < -0.39 is 0 Å². The lowest BCUT2D eigenvalue weighted by Gasteiger charge is -2.11. The van der Waals surface area contributed by atoms with Crippen LogP contribution in [0.5, 0.6) is 11.5 Å². The van der Waals surface area contributed by atoms with Gasteiger partial charge in [0.15, 0.2) is 11.5 Å². The molecular weight excluding hydrogens is 334 g/mol. The zero-order valence-electron chi connectivity index (χ0n) is 15.0. The van der Waals surface area contributed by atoms with Crippen molar-refractivity contribution in [3.63, 3.8) is 0 Å². The van der Waals surface area contributed by atoms with E-state index in [1.807, 2.05) is 12.1 Å². The SMILES string of the molecule is CCc1nc(NCCc2ccc(OC)c(OC)c2)c2cc(C)sc2n1. The van der Waals surface area contributed by atoms with E-state index in [1.165, 1.54) is 10.4 Å². The van der Waals surface area contributed by atoms with Crippen molar-refractivity contribution in [2.45, 2.75) is 26.7 Å². The Morgan fingerprint density at radius 1 is 1.08 bits per heavy atom. The maximum absolute atomic E-state index is 5.37. The van der Waals surface area contributed by atoms with Crippen LogP contribution >= 0.6 is 11.3 Å². The normalized spacial score (nSPS) is 10.9. The average molecular weight is 357 g/mol. The Morgan fingerprint density at radius 3 is 2.60 bits per heavy atom. The van der Waals surface area contributed by atoms with Crippen LogP contribution in [-0.2, 0) is 12.8 Å². The monoisotopic (exact) mass is 357 g/mol. The van der Waals surface area contributed by atoms with Crippen LogP contribution in [0.1, 0.15) is 23.2 Å². The molecule has 1 N–H and O–H groups in total. The van der Waals surface area contributed by atoms with Crippen molar-refractivity contribution in [1.82, 2.24) is 9.97 Å². The van der Waals surface area contributed by atoms with Crippen molar-refractivity contribution in [2.24, 2.45) is 0 Å². The predicted molar refractivity (Wildman–Crippen MR) is 103 cm³/mol. The van der Waals surface area contributed by atoms with E-state index in [4.69, 9.17) is 9.47 Å². The number of hydrogen-bond donors (Lipinski definition) is 1. The second-order valence-corrected chi connectivity index (χ2v) is 7.02. The highest BCUT2D eigenvalue weighted by Crippen LogP contribution is 2.29. The molecule has 0 amide bonds. The minimum Gasteiger partial charge on any atom is -0.493 e. The van der Waals surface area contributed by atoms with Crippen molar-refractivity contribution in [3.05, 3.63) is 40.5 Å². The summed E-state index contributed by atoms with van der Waals surface area (Å²) in [6, 6.07) is 8.17. The van der Waals surface area contributed by atoms with Crippen LogP contribution in [-0.4, -0.2) is 30.7 Å². The summed E-state index contributed by atoms with van der Waals surface area (Å²) in [6.45, 7) is 4.97. The maximum Gasteiger partial charge on any atom is 0.160 e. The van der Waals surface area contributed by atoms with E-state index in [2.05, 4.69) is 41.3 Å². The third-order valence-electron chi connectivity index (χ3n) is 4.03. The molecule has 0 aliphatic rings. The fourth-order valence-corrected chi connectivity index (χ4v) is 3.64. The van der Waals surface area contributed by atoms with Gasteiger partial charge < -0.3 is 14.8 Å². The summed E-state index contributed by atoms with van der Waals surface area (Å²) in [5.74, 6) is 3.30. The molecule has 132 valence electrons. The lowest BCUT2D eigenvalue weighted by atomic mass is 10.1. The van der Waals surface area contributed by atoms with Gasteiger partial charge in [-0.15, -0.1) is 11.3 Å². The van der Waals surface area contributed by atoms with Crippen molar-refractivity contribution >= 4 is 27.4 Å². The van der Waals surface area contributed by atoms with Crippen molar-refractivity contribution < 1.29 is 9.47 Å². The van der Waals surface area contributed by atoms with E-state index in [0.29, 0.717) is 0 Å². The Morgan fingerprint density at radius 2 is 1.88 bits per heavy atom. The Labute approximate surface area is 152 Å². The molecule has 6 heteroatoms. The highest BCUT2D eigenvalue weighted by Gasteiger charge is 2.10. The summed E-state index contributed by atoms with van der Waals surface area (Å²) in [5, 5.41) is 4.58. The van der Waals surface area contributed by atoms with Gasteiger partial charge in [-0.2, -0.15) is 0 Å². The Kier molecular flexibility index (Phi) is 5.38. The van der Waals surface area contributed by atoms with Gasteiger partial charge in [0.1, 0.15) is 16.5 Å². The number of nitrogens with one attached hydrogen (secondary N) is 1. The quantitative estimate of drug-likeness (QED) is 0.686. The van der Waals surface area contributed by atoms with Crippen molar-refractivity contribution in [1.29, 1.82) is 0 Å². The topological polar surface area (TPSA) is 56.3 Å². The number of ether oxygens (including phenoxy) is 2. The van der Waals surface area contributed by atoms with Gasteiger partial charge in [-0.25, -0.2) is 9.97 Å². The number of nitrogens with zero attached hydrogens (tertiary/aromatic N) is 2. The molecule has 0 aliphatic heterocycles. The van der Waals surface area contributed by atoms with Crippen LogP contribution in [0.15, 0.2) is 24.3 Å². The summed E-state index contributed by atoms with van der Waals surface area (Å²) in [4.78, 5) is 11.6. The number of methoxy groups -OCH3 is 2. The van der Waals surface area contributed by atoms with E-state index in [0.717, 1.165) is 52.7 Å². The lowest BCUT2D eigenvalue weighted by Crippen LogP contribution is -2.08. The number of fused-ring (bicyclic) bond motifs is 1. The molecule has 0 fully saturated rings. The molecule has 0 atom stereocenters. The summed E-state index contributed by atoms with van der Waals surface area (Å²) in [6.07, 6.45) is 1.70. The number of benzene rings is 1. The first-order chi connectivity index (χ1) is 12.1. The average Bonchev–Trinajstić information content (AvgIpc) is 3.01. The minimum absolute atomic E-state index is 0.748. The fraction of sp³-hybridized carbons (Fsp3) is 0.368. The van der Waals surface area contributed by atoms with E-state index in [-0.39, 0.29) is 0 Å². The van der Waals surface area contributed by atoms with Crippen LogP contribution in [0.4, 0.5) is 5.82 Å². The molecule has 1 aromatic carbocycles. The molecule has 2 heterocycles. The Hall–Kier alpha value is -2.34. The first-order valence-corrected chi connectivity index (χ1v) is 9.18. The molecule has 2 aromatic heterocycles. The van der Waals surface area contributed by atoms with Gasteiger partial charge in [-0.1, -0.05) is 13.0 Å². The number of aromatic nitrogens is 2. The van der Waals surface area contributed by atoms with Crippen LogP contribution in [0.3, 0.4) is 0 Å². The second-order valence-electron chi connectivity index (χ2n) is 5.78. The van der Waals surface area contributed by atoms with E-state index >= 15 is 0 Å². The molecular formula is C19H23N3O2S. The molecule has 3 rings (SSSR count). The Balaban J connectivity index is 1.75. The summed E-state index contributed by atoms with van der Waals surface area (Å²) in [5.41, 5.74) is 1.19. The number of thiophene rings is 1. The largest absolute Gasteiger partial charge is 0.493 e. The van der Waals surface area contributed by atoms with Crippen LogP contribution < -0.4 is 14.8 Å². The van der Waals surface area contributed by atoms with Gasteiger partial charge in [0.25, 0.3) is 0 Å². The number of hydrogen-bond acceptors (Lipinski definition) is 6. The standard InChI is InChI=1S/C19H23N3O2S/c1-5-17-21-18(14-10-12(2)25-19(14)22-17)20-9-8-13-6-7-15(23-3)16(11-13)24-4/h6-7,10-11H,5,8-9H2,1-4H3,(H,20,21,22). The van der Waals surface area contributed by atoms with Crippen LogP contribution in [0, 0.1) is 6.92 Å². The maximum atomic E-state index is 5.37. The third kappa shape index (κ3) is 3.85. The first-order valence-electron chi connectivity index (χ1n) is 8.36. The lowest BCUT2D eigenvalue weighted by molar-refractivity contribution is 0.354. The predicted octanol–water partition coefficient (Wildman–Crippen LogP) is 4.23. The summed E-state index contributed by atoms with van der Waals surface area (Å²) < 4.78 is 10.7. The zero-order chi connectivity index (χ0) is 17.8. The minimum atomic E-state index is 0.748. The summed E-state index contributed by atoms with van der Waals surface area (Å²) >= 11 is 1.71. The van der Waals surface area contributed by atoms with Crippen LogP contribution in [0.2, 0.25) is 0 Å². The van der Waals surface area contributed by atoms with Gasteiger partial charge in [0, 0.05) is 17.8 Å². The summed E-state index contributed by atoms with van der Waals surface area (Å²) in [7, 11) is 3.30. The van der Waals surface area contributed by atoms with Gasteiger partial charge in [0.05, 0.1) is 19.6 Å². The first kappa shape index (κ1) is 17.5. The molecule has 3 aromatic rings. The van der Waals surface area contributed by atoms with E-state index in [1.54, 1.807) is 25.6 Å². The van der Waals surface area contributed by atoms with Crippen molar-refractivity contribution in [3.8, 4) is 11.5 Å². The fourth-order valence-electron chi connectivity index (χ4n) is 2.74. The van der Waals surface area contributed by atoms with Crippen molar-refractivity contribution in [2.75, 3.05) is 26.1 Å². The molecule has 0 saturated heterocycles. The van der Waals surface area contributed by atoms with Gasteiger partial charge >= 0.3 is 0 Å². The third-order valence-corrected chi connectivity index (χ3v) is 4.98. The highest BCUT2D eigenvalue weighted by molar-refractivity contribution is 7.18. The van der Waals surface area contributed by atoms with Gasteiger partial charge in [-0.3, -0.25) is 0 Å². The highest BCUT2D eigenvalue weighted by atomic mass is 32.1.